The maximum Gasteiger partial charge on any atom is 0.251 e. The second-order valence-electron chi connectivity index (χ2n) is 5.32. The Bertz CT molecular complexity index is 603. The fraction of sp³-hybridized carbons (Fsp3) is 0.375. The van der Waals surface area contributed by atoms with Gasteiger partial charge in [0.15, 0.2) is 0 Å². The summed E-state index contributed by atoms with van der Waals surface area (Å²) in [6, 6.07) is 9.92. The van der Waals surface area contributed by atoms with Crippen LogP contribution in [0.1, 0.15) is 18.4 Å². The predicted octanol–water partition coefficient (Wildman–Crippen LogP) is 2.01. The highest BCUT2D eigenvalue weighted by molar-refractivity contribution is 5.80. The van der Waals surface area contributed by atoms with Gasteiger partial charge in [-0.3, -0.25) is 4.79 Å². The molecule has 0 bridgehead atoms. The van der Waals surface area contributed by atoms with Crippen molar-refractivity contribution in [2.75, 3.05) is 13.7 Å². The molecule has 1 atom stereocenters. The number of amides is 1. The van der Waals surface area contributed by atoms with E-state index in [9.17, 15) is 4.79 Å². The summed E-state index contributed by atoms with van der Waals surface area (Å²) in [7, 11) is 1.81. The van der Waals surface area contributed by atoms with Crippen LogP contribution in [0.25, 0.3) is 5.69 Å². The minimum absolute atomic E-state index is 0.0555. The van der Waals surface area contributed by atoms with Crippen LogP contribution in [0.15, 0.2) is 42.7 Å². The molecule has 2 aromatic rings. The third-order valence-electron chi connectivity index (χ3n) is 3.66. The molecule has 5 nitrogen and oxygen atoms in total. The minimum atomic E-state index is -0.265. The molecule has 0 radical (unpaired) electrons. The summed E-state index contributed by atoms with van der Waals surface area (Å²) in [5, 5.41) is 4.34. The van der Waals surface area contributed by atoms with Gasteiger partial charge < -0.3 is 9.64 Å². The summed E-state index contributed by atoms with van der Waals surface area (Å²) >= 11 is 0. The first kappa shape index (κ1) is 13.8. The Kier molecular flexibility index (Phi) is 4.01. The van der Waals surface area contributed by atoms with E-state index >= 15 is 0 Å². The molecule has 1 aliphatic heterocycles. The molecule has 3 rings (SSSR count). The molecule has 110 valence electrons. The van der Waals surface area contributed by atoms with Gasteiger partial charge >= 0.3 is 0 Å². The lowest BCUT2D eigenvalue weighted by molar-refractivity contribution is -0.140. The van der Waals surface area contributed by atoms with Gasteiger partial charge in [-0.15, -0.1) is 0 Å². The number of benzene rings is 1. The molecule has 21 heavy (non-hydrogen) atoms. The van der Waals surface area contributed by atoms with Crippen LogP contribution in [0.3, 0.4) is 0 Å². The van der Waals surface area contributed by atoms with Crippen LogP contribution in [0.2, 0.25) is 0 Å². The summed E-state index contributed by atoms with van der Waals surface area (Å²) in [6.07, 6.45) is 5.28. The second kappa shape index (κ2) is 6.10. The van der Waals surface area contributed by atoms with Gasteiger partial charge in [0, 0.05) is 32.0 Å². The molecule has 1 aromatic carbocycles. The summed E-state index contributed by atoms with van der Waals surface area (Å²) in [5.41, 5.74) is 2.02. The smallest absolute Gasteiger partial charge is 0.251 e. The molecular weight excluding hydrogens is 266 g/mol. The van der Waals surface area contributed by atoms with Gasteiger partial charge in [-0.1, -0.05) is 18.2 Å². The monoisotopic (exact) mass is 285 g/mol. The van der Waals surface area contributed by atoms with E-state index in [2.05, 4.69) is 5.10 Å². The Hall–Kier alpha value is -2.14. The third kappa shape index (κ3) is 3.13. The van der Waals surface area contributed by atoms with Crippen LogP contribution in [0, 0.1) is 0 Å². The fourth-order valence-electron chi connectivity index (χ4n) is 2.53. The van der Waals surface area contributed by atoms with E-state index in [1.54, 1.807) is 11.1 Å². The van der Waals surface area contributed by atoms with Crippen molar-refractivity contribution < 1.29 is 9.53 Å². The van der Waals surface area contributed by atoms with Crippen molar-refractivity contribution in [2.45, 2.75) is 25.5 Å². The summed E-state index contributed by atoms with van der Waals surface area (Å²) in [5.74, 6) is 0.0555. The quantitative estimate of drug-likeness (QED) is 0.863. The lowest BCUT2D eigenvalue weighted by Gasteiger charge is -2.19. The number of para-hydroxylation sites is 1. The van der Waals surface area contributed by atoms with Crippen molar-refractivity contribution in [1.82, 2.24) is 14.7 Å². The lowest BCUT2D eigenvalue weighted by Crippen LogP contribution is -2.35. The first-order valence-electron chi connectivity index (χ1n) is 7.19. The third-order valence-corrected chi connectivity index (χ3v) is 3.66. The average molecular weight is 285 g/mol. The zero-order valence-corrected chi connectivity index (χ0v) is 12.1. The number of likely N-dealkylation sites (N-methyl/N-ethyl adjacent to an activating group) is 1. The number of nitrogens with zero attached hydrogens (tertiary/aromatic N) is 3. The van der Waals surface area contributed by atoms with Gasteiger partial charge in [0.1, 0.15) is 6.10 Å². The van der Waals surface area contributed by atoms with Crippen molar-refractivity contribution in [3.8, 4) is 5.69 Å². The second-order valence-corrected chi connectivity index (χ2v) is 5.32. The molecule has 0 spiro atoms. The molecular formula is C16H19N3O2. The van der Waals surface area contributed by atoms with Crippen LogP contribution in [0.5, 0.6) is 0 Å². The highest BCUT2D eigenvalue weighted by atomic mass is 16.5. The Morgan fingerprint density at radius 1 is 1.43 bits per heavy atom. The number of rotatable bonds is 4. The van der Waals surface area contributed by atoms with Crippen molar-refractivity contribution >= 4 is 5.91 Å². The van der Waals surface area contributed by atoms with Crippen molar-refractivity contribution in [3.05, 3.63) is 48.3 Å². The molecule has 1 aromatic heterocycles. The van der Waals surface area contributed by atoms with E-state index in [1.807, 2.05) is 48.3 Å². The Labute approximate surface area is 124 Å². The molecule has 1 amide bonds. The van der Waals surface area contributed by atoms with Crippen LogP contribution >= 0.6 is 0 Å². The Morgan fingerprint density at radius 2 is 2.24 bits per heavy atom. The minimum Gasteiger partial charge on any atom is -0.368 e. The Morgan fingerprint density at radius 3 is 2.95 bits per heavy atom. The molecule has 0 saturated carbocycles. The number of aromatic nitrogens is 2. The van der Waals surface area contributed by atoms with Crippen LogP contribution < -0.4 is 0 Å². The standard InChI is InChI=1S/C16H19N3O2/c1-18(16(20)15-8-5-9-21-15)11-13-10-17-19(12-13)14-6-3-2-4-7-14/h2-4,6-7,10,12,15H,5,8-9,11H2,1H3/t15-/m1/s1. The maximum absolute atomic E-state index is 12.2. The van der Waals surface area contributed by atoms with Gasteiger partial charge in [-0.25, -0.2) is 4.68 Å². The van der Waals surface area contributed by atoms with E-state index in [0.717, 1.165) is 24.1 Å². The lowest BCUT2D eigenvalue weighted by atomic mass is 10.2. The van der Waals surface area contributed by atoms with Crippen LogP contribution in [-0.4, -0.2) is 40.3 Å². The molecule has 0 aliphatic carbocycles. The highest BCUT2D eigenvalue weighted by Gasteiger charge is 2.26. The van der Waals surface area contributed by atoms with Crippen LogP contribution in [0.4, 0.5) is 0 Å². The highest BCUT2D eigenvalue weighted by Crippen LogP contribution is 2.16. The van der Waals surface area contributed by atoms with Gasteiger partial charge in [-0.05, 0) is 25.0 Å². The fourth-order valence-corrected chi connectivity index (χ4v) is 2.53. The molecule has 1 saturated heterocycles. The van der Waals surface area contributed by atoms with E-state index < -0.39 is 0 Å². The summed E-state index contributed by atoms with van der Waals surface area (Å²) < 4.78 is 7.26. The first-order chi connectivity index (χ1) is 10.2. The van der Waals surface area contributed by atoms with Gasteiger partial charge in [-0.2, -0.15) is 5.10 Å². The number of carbonyl (C=O) groups is 1. The summed E-state index contributed by atoms with van der Waals surface area (Å²) in [6.45, 7) is 1.24. The number of ether oxygens (including phenoxy) is 1. The van der Waals surface area contributed by atoms with Gasteiger partial charge in [0.05, 0.1) is 11.9 Å². The average Bonchev–Trinajstić information content (AvgIpc) is 3.19. The van der Waals surface area contributed by atoms with Crippen LogP contribution in [-0.2, 0) is 16.1 Å². The maximum atomic E-state index is 12.2. The van der Waals surface area contributed by atoms with Gasteiger partial charge in [0.25, 0.3) is 5.91 Å². The SMILES string of the molecule is CN(Cc1cnn(-c2ccccc2)c1)C(=O)[C@H]1CCCO1. The number of hydrogen-bond donors (Lipinski definition) is 0. The molecule has 1 aliphatic rings. The van der Waals surface area contributed by atoms with Crippen molar-refractivity contribution in [3.63, 3.8) is 0 Å². The van der Waals surface area contributed by atoms with E-state index in [-0.39, 0.29) is 12.0 Å². The number of hydrogen-bond acceptors (Lipinski definition) is 3. The molecule has 0 unspecified atom stereocenters. The van der Waals surface area contributed by atoms with E-state index in [0.29, 0.717) is 13.2 Å². The number of carbonyl (C=O) groups excluding carboxylic acids is 1. The van der Waals surface area contributed by atoms with E-state index in [4.69, 9.17) is 4.74 Å². The summed E-state index contributed by atoms with van der Waals surface area (Å²) in [4.78, 5) is 13.9. The van der Waals surface area contributed by atoms with Crippen molar-refractivity contribution in [1.29, 1.82) is 0 Å². The largest absolute Gasteiger partial charge is 0.368 e. The first-order valence-corrected chi connectivity index (χ1v) is 7.19. The topological polar surface area (TPSA) is 47.4 Å². The predicted molar refractivity (Wildman–Crippen MR) is 79.0 cm³/mol. The molecule has 0 N–H and O–H groups in total. The van der Waals surface area contributed by atoms with Crippen molar-refractivity contribution in [2.24, 2.45) is 0 Å². The van der Waals surface area contributed by atoms with Gasteiger partial charge in [0.2, 0.25) is 0 Å². The zero-order chi connectivity index (χ0) is 14.7. The normalized spacial score (nSPS) is 17.9. The molecule has 5 heteroatoms. The van der Waals surface area contributed by atoms with E-state index in [1.165, 1.54) is 0 Å². The molecule has 1 fully saturated rings. The Balaban J connectivity index is 1.65. The molecule has 2 heterocycles. The zero-order valence-electron chi connectivity index (χ0n) is 12.1.